The summed E-state index contributed by atoms with van der Waals surface area (Å²) in [5, 5.41) is 0. The topological polar surface area (TPSA) is 75.2 Å². The van der Waals surface area contributed by atoms with Crippen molar-refractivity contribution >= 4 is 15.8 Å². The summed E-state index contributed by atoms with van der Waals surface area (Å²) >= 11 is 0. The lowest BCUT2D eigenvalue weighted by atomic mass is 9.97. The molecule has 0 radical (unpaired) electrons. The van der Waals surface area contributed by atoms with E-state index < -0.39 is 10.0 Å². The smallest absolute Gasteiger partial charge is 0.240 e. The van der Waals surface area contributed by atoms with Crippen LogP contribution in [0.1, 0.15) is 24.0 Å². The molecule has 1 aliphatic rings. The fourth-order valence-electron chi connectivity index (χ4n) is 3.12. The molecule has 134 valence electrons. The van der Waals surface area contributed by atoms with Crippen molar-refractivity contribution in [2.45, 2.75) is 31.6 Å². The van der Waals surface area contributed by atoms with E-state index in [9.17, 15) is 8.42 Å². The van der Waals surface area contributed by atoms with Gasteiger partial charge in [0.25, 0.3) is 0 Å². The number of aromatic nitrogens is 2. The van der Waals surface area contributed by atoms with E-state index >= 15 is 0 Å². The fourth-order valence-corrected chi connectivity index (χ4v) is 4.57. The molecule has 0 spiro atoms. The standard InChI is InChI=1S/C18H24N4O2S/c1-14-3-4-15(2)17(11-14)25(23,24)21-12-16-5-9-22(10-6-16)18-13-19-7-8-20-18/h3-4,7-8,11,13,16,21H,5-6,9-10,12H2,1-2H3. The molecule has 2 aromatic rings. The molecule has 6 nitrogen and oxygen atoms in total. The highest BCUT2D eigenvalue weighted by Gasteiger charge is 2.23. The Kier molecular flexibility index (Phi) is 5.34. The first kappa shape index (κ1) is 17.8. The van der Waals surface area contributed by atoms with Crippen LogP contribution in [0, 0.1) is 19.8 Å². The highest BCUT2D eigenvalue weighted by Crippen LogP contribution is 2.22. The number of aryl methyl sites for hydroxylation is 2. The molecule has 1 fully saturated rings. The lowest BCUT2D eigenvalue weighted by Crippen LogP contribution is -2.39. The van der Waals surface area contributed by atoms with Gasteiger partial charge in [-0.3, -0.25) is 4.98 Å². The molecule has 25 heavy (non-hydrogen) atoms. The maximum atomic E-state index is 12.6. The SMILES string of the molecule is Cc1ccc(C)c(S(=O)(=O)NCC2CCN(c3cnccn3)CC2)c1. The molecule has 1 aromatic carbocycles. The summed E-state index contributed by atoms with van der Waals surface area (Å²) < 4.78 is 28.0. The van der Waals surface area contributed by atoms with Crippen LogP contribution in [0.15, 0.2) is 41.7 Å². The number of hydrogen-bond donors (Lipinski definition) is 1. The molecule has 7 heteroatoms. The summed E-state index contributed by atoms with van der Waals surface area (Å²) in [6, 6.07) is 5.51. The molecular weight excluding hydrogens is 336 g/mol. The van der Waals surface area contributed by atoms with E-state index in [1.54, 1.807) is 24.7 Å². The van der Waals surface area contributed by atoms with Gasteiger partial charge in [-0.25, -0.2) is 18.1 Å². The van der Waals surface area contributed by atoms with Gasteiger partial charge in [-0.15, -0.1) is 0 Å². The summed E-state index contributed by atoms with van der Waals surface area (Å²) in [7, 11) is -3.46. The Morgan fingerprint density at radius 1 is 1.20 bits per heavy atom. The minimum atomic E-state index is -3.46. The van der Waals surface area contributed by atoms with Gasteiger partial charge in [-0.2, -0.15) is 0 Å². The average molecular weight is 360 g/mol. The Labute approximate surface area is 149 Å². The summed E-state index contributed by atoms with van der Waals surface area (Å²) in [6.45, 7) is 5.95. The zero-order valence-electron chi connectivity index (χ0n) is 14.6. The lowest BCUT2D eigenvalue weighted by molar-refractivity contribution is 0.400. The van der Waals surface area contributed by atoms with Crippen LogP contribution in [0.25, 0.3) is 0 Å². The molecule has 0 amide bonds. The highest BCUT2D eigenvalue weighted by molar-refractivity contribution is 7.89. The van der Waals surface area contributed by atoms with Gasteiger partial charge < -0.3 is 4.90 Å². The Morgan fingerprint density at radius 2 is 1.96 bits per heavy atom. The van der Waals surface area contributed by atoms with Crippen LogP contribution in [0.3, 0.4) is 0 Å². The molecule has 0 bridgehead atoms. The fraction of sp³-hybridized carbons (Fsp3) is 0.444. The van der Waals surface area contributed by atoms with Crippen molar-refractivity contribution in [2.75, 3.05) is 24.5 Å². The summed E-state index contributed by atoms with van der Waals surface area (Å²) in [6.07, 6.45) is 7.00. The van der Waals surface area contributed by atoms with Crippen LogP contribution in [-0.2, 0) is 10.0 Å². The third-order valence-electron chi connectivity index (χ3n) is 4.68. The largest absolute Gasteiger partial charge is 0.355 e. The molecule has 0 unspecified atom stereocenters. The van der Waals surface area contributed by atoms with E-state index in [1.165, 1.54) is 0 Å². The van der Waals surface area contributed by atoms with E-state index in [-0.39, 0.29) is 0 Å². The summed E-state index contributed by atoms with van der Waals surface area (Å²) in [4.78, 5) is 11.0. The molecule has 0 saturated carbocycles. The third-order valence-corrected chi connectivity index (χ3v) is 6.25. The normalized spacial score (nSPS) is 16.2. The first-order valence-electron chi connectivity index (χ1n) is 8.53. The summed E-state index contributed by atoms with van der Waals surface area (Å²) in [5.74, 6) is 1.23. The van der Waals surface area contributed by atoms with Crippen LogP contribution < -0.4 is 9.62 Å². The van der Waals surface area contributed by atoms with Gasteiger partial charge >= 0.3 is 0 Å². The van der Waals surface area contributed by atoms with E-state index in [0.29, 0.717) is 17.4 Å². The second-order valence-corrected chi connectivity index (χ2v) is 8.35. The van der Waals surface area contributed by atoms with Crippen LogP contribution in [-0.4, -0.2) is 38.0 Å². The Balaban J connectivity index is 1.57. The Morgan fingerprint density at radius 3 is 2.64 bits per heavy atom. The van der Waals surface area contributed by atoms with Crippen LogP contribution in [0.4, 0.5) is 5.82 Å². The van der Waals surface area contributed by atoms with Crippen molar-refractivity contribution in [3.63, 3.8) is 0 Å². The predicted molar refractivity (Wildman–Crippen MR) is 98.1 cm³/mol. The van der Waals surface area contributed by atoms with E-state index in [2.05, 4.69) is 19.6 Å². The number of nitrogens with one attached hydrogen (secondary N) is 1. The van der Waals surface area contributed by atoms with Gasteiger partial charge in [0.2, 0.25) is 10.0 Å². The minimum absolute atomic E-state index is 0.341. The first-order valence-corrected chi connectivity index (χ1v) is 10.0. The van der Waals surface area contributed by atoms with Crippen LogP contribution in [0.2, 0.25) is 0 Å². The van der Waals surface area contributed by atoms with Crippen molar-refractivity contribution in [2.24, 2.45) is 5.92 Å². The highest BCUT2D eigenvalue weighted by atomic mass is 32.2. The number of sulfonamides is 1. The van der Waals surface area contributed by atoms with Gasteiger partial charge in [-0.1, -0.05) is 12.1 Å². The van der Waals surface area contributed by atoms with Gasteiger partial charge in [0.15, 0.2) is 0 Å². The number of benzene rings is 1. The van der Waals surface area contributed by atoms with Crippen molar-refractivity contribution in [1.82, 2.24) is 14.7 Å². The molecule has 0 aliphatic carbocycles. The first-order chi connectivity index (χ1) is 12.0. The van der Waals surface area contributed by atoms with E-state index in [0.717, 1.165) is 42.9 Å². The molecule has 0 atom stereocenters. The molecule has 1 aliphatic heterocycles. The van der Waals surface area contributed by atoms with E-state index in [4.69, 9.17) is 0 Å². The number of anilines is 1. The van der Waals surface area contributed by atoms with Crippen molar-refractivity contribution in [3.8, 4) is 0 Å². The van der Waals surface area contributed by atoms with Gasteiger partial charge in [0.1, 0.15) is 5.82 Å². The number of rotatable bonds is 5. The second-order valence-electron chi connectivity index (χ2n) is 6.61. The van der Waals surface area contributed by atoms with Crippen LogP contribution >= 0.6 is 0 Å². The predicted octanol–water partition coefficient (Wildman–Crippen LogP) is 2.29. The van der Waals surface area contributed by atoms with Gasteiger partial charge in [0, 0.05) is 32.0 Å². The molecule has 1 N–H and O–H groups in total. The maximum absolute atomic E-state index is 12.6. The van der Waals surface area contributed by atoms with Crippen molar-refractivity contribution < 1.29 is 8.42 Å². The molecule has 1 aromatic heterocycles. The number of nitrogens with zero attached hydrogens (tertiary/aromatic N) is 3. The van der Waals surface area contributed by atoms with Crippen molar-refractivity contribution in [1.29, 1.82) is 0 Å². The minimum Gasteiger partial charge on any atom is -0.355 e. The number of hydrogen-bond acceptors (Lipinski definition) is 5. The molecule has 1 saturated heterocycles. The Bertz CT molecular complexity index is 816. The third kappa shape index (κ3) is 4.35. The maximum Gasteiger partial charge on any atom is 0.240 e. The van der Waals surface area contributed by atoms with Gasteiger partial charge in [0.05, 0.1) is 11.1 Å². The average Bonchev–Trinajstić information content (AvgIpc) is 2.63. The second kappa shape index (κ2) is 7.49. The molecule has 3 rings (SSSR count). The monoisotopic (exact) mass is 360 g/mol. The zero-order chi connectivity index (χ0) is 17.9. The Hall–Kier alpha value is -1.99. The number of piperidine rings is 1. The molecule has 2 heterocycles. The van der Waals surface area contributed by atoms with E-state index in [1.807, 2.05) is 26.0 Å². The summed E-state index contributed by atoms with van der Waals surface area (Å²) in [5.41, 5.74) is 1.72. The van der Waals surface area contributed by atoms with Crippen molar-refractivity contribution in [3.05, 3.63) is 47.9 Å². The van der Waals surface area contributed by atoms with Crippen LogP contribution in [0.5, 0.6) is 0 Å². The molecular formula is C18H24N4O2S. The lowest BCUT2D eigenvalue weighted by Gasteiger charge is -2.32. The quantitative estimate of drug-likeness (QED) is 0.885. The zero-order valence-corrected chi connectivity index (χ0v) is 15.5. The van der Waals surface area contributed by atoms with Gasteiger partial charge in [-0.05, 0) is 49.8 Å².